The Bertz CT molecular complexity index is 439. The third-order valence-electron chi connectivity index (χ3n) is 3.34. The number of hydrogen-bond donors (Lipinski definition) is 0. The van der Waals surface area contributed by atoms with Crippen molar-refractivity contribution in [3.63, 3.8) is 0 Å². The molecule has 0 aliphatic heterocycles. The molecule has 1 aromatic carbocycles. The van der Waals surface area contributed by atoms with Crippen LogP contribution in [0.15, 0.2) is 24.3 Å². The first kappa shape index (κ1) is 17.0. The Morgan fingerprint density at radius 3 is 2.50 bits per heavy atom. The minimum atomic E-state index is -0.216. The monoisotopic (exact) mass is 299 g/mol. The van der Waals surface area contributed by atoms with Crippen LogP contribution in [0, 0.1) is 6.92 Å². The van der Waals surface area contributed by atoms with E-state index in [2.05, 4.69) is 0 Å². The predicted molar refractivity (Wildman–Crippen MR) is 81.5 cm³/mol. The van der Waals surface area contributed by atoms with E-state index in [1.54, 1.807) is 19.1 Å². The molecule has 1 amide bonds. The zero-order valence-electron chi connectivity index (χ0n) is 12.4. The molecule has 0 spiro atoms. The Kier molecular flexibility index (Phi) is 6.99. The van der Waals surface area contributed by atoms with Gasteiger partial charge in [0.05, 0.1) is 12.6 Å². The summed E-state index contributed by atoms with van der Waals surface area (Å²) in [5.74, 6) is -0.214. The average molecular weight is 300 g/mol. The van der Waals surface area contributed by atoms with Gasteiger partial charge in [-0.15, -0.1) is 11.6 Å². The van der Waals surface area contributed by atoms with E-state index in [0.29, 0.717) is 6.61 Å². The predicted octanol–water partition coefficient (Wildman–Crippen LogP) is 2.62. The molecule has 0 N–H and O–H groups in total. The highest BCUT2D eigenvalue weighted by atomic mass is 35.5. The first-order chi connectivity index (χ1) is 9.56. The van der Waals surface area contributed by atoms with Gasteiger partial charge in [-0.2, -0.15) is 0 Å². The lowest BCUT2D eigenvalue weighted by Gasteiger charge is -2.34. The highest BCUT2D eigenvalue weighted by Gasteiger charge is 2.29. The molecule has 1 rings (SSSR count). The number of anilines is 1. The second-order valence-electron chi connectivity index (χ2n) is 4.65. The van der Waals surface area contributed by atoms with E-state index < -0.39 is 0 Å². The summed E-state index contributed by atoms with van der Waals surface area (Å²) in [7, 11) is 3.22. The third kappa shape index (κ3) is 3.95. The Morgan fingerprint density at radius 1 is 1.35 bits per heavy atom. The second-order valence-corrected chi connectivity index (χ2v) is 4.92. The van der Waals surface area contributed by atoms with Crippen LogP contribution in [0.3, 0.4) is 0 Å². The van der Waals surface area contributed by atoms with E-state index in [-0.39, 0.29) is 23.9 Å². The van der Waals surface area contributed by atoms with Crippen molar-refractivity contribution in [2.24, 2.45) is 0 Å². The van der Waals surface area contributed by atoms with Crippen LogP contribution in [-0.4, -0.2) is 44.8 Å². The van der Waals surface area contributed by atoms with Gasteiger partial charge in [0.25, 0.3) is 0 Å². The van der Waals surface area contributed by atoms with Gasteiger partial charge in [-0.3, -0.25) is 4.79 Å². The minimum Gasteiger partial charge on any atom is -0.382 e. The third-order valence-corrected chi connectivity index (χ3v) is 3.57. The number of amides is 1. The fraction of sp³-hybridized carbons (Fsp3) is 0.533. The number of rotatable bonds is 7. The molecule has 2 unspecified atom stereocenters. The number of para-hydroxylation sites is 1. The molecule has 0 saturated carbocycles. The number of methoxy groups -OCH3 is 2. The molecule has 0 aromatic heterocycles. The van der Waals surface area contributed by atoms with Gasteiger partial charge in [-0.05, 0) is 25.5 Å². The average Bonchev–Trinajstić information content (AvgIpc) is 2.46. The van der Waals surface area contributed by atoms with Gasteiger partial charge < -0.3 is 14.4 Å². The zero-order chi connectivity index (χ0) is 15.1. The Labute approximate surface area is 125 Å². The van der Waals surface area contributed by atoms with Crippen molar-refractivity contribution in [2.45, 2.75) is 26.0 Å². The molecule has 0 saturated heterocycles. The number of alkyl halides is 1. The lowest BCUT2D eigenvalue weighted by molar-refractivity contribution is -0.117. The molecule has 20 heavy (non-hydrogen) atoms. The maximum absolute atomic E-state index is 12.2. The number of ether oxygens (including phenoxy) is 2. The largest absolute Gasteiger partial charge is 0.382 e. The van der Waals surface area contributed by atoms with Crippen LogP contribution >= 0.6 is 11.6 Å². The number of aryl methyl sites for hydroxylation is 1. The molecule has 0 heterocycles. The summed E-state index contributed by atoms with van der Waals surface area (Å²) in [4.78, 5) is 13.9. The first-order valence-electron chi connectivity index (χ1n) is 6.52. The number of carbonyl (C=O) groups is 1. The van der Waals surface area contributed by atoms with Gasteiger partial charge in [0.2, 0.25) is 5.91 Å². The van der Waals surface area contributed by atoms with E-state index in [9.17, 15) is 4.79 Å². The summed E-state index contributed by atoms with van der Waals surface area (Å²) >= 11 is 5.75. The maximum Gasteiger partial charge on any atom is 0.242 e. The number of nitrogens with zero attached hydrogens (tertiary/aromatic N) is 1. The first-order valence-corrected chi connectivity index (χ1v) is 7.05. The summed E-state index contributed by atoms with van der Waals surface area (Å²) in [6.07, 6.45) is -0.216. The van der Waals surface area contributed by atoms with E-state index in [0.717, 1.165) is 11.3 Å². The molecule has 0 fully saturated rings. The minimum absolute atomic E-state index is 0.0674. The normalized spacial score (nSPS) is 13.8. The smallest absolute Gasteiger partial charge is 0.242 e. The molecular formula is C15H22ClNO3. The van der Waals surface area contributed by atoms with Crippen LogP contribution in [0.5, 0.6) is 0 Å². The quantitative estimate of drug-likeness (QED) is 0.727. The fourth-order valence-electron chi connectivity index (χ4n) is 2.21. The van der Waals surface area contributed by atoms with Gasteiger partial charge in [0.15, 0.2) is 0 Å². The van der Waals surface area contributed by atoms with Gasteiger partial charge >= 0.3 is 0 Å². The van der Waals surface area contributed by atoms with Gasteiger partial charge in [-0.1, -0.05) is 18.2 Å². The summed E-state index contributed by atoms with van der Waals surface area (Å²) in [6, 6.07) is 7.55. The molecule has 4 nitrogen and oxygen atoms in total. The van der Waals surface area contributed by atoms with Gasteiger partial charge in [-0.25, -0.2) is 0 Å². The van der Waals surface area contributed by atoms with E-state index >= 15 is 0 Å². The van der Waals surface area contributed by atoms with Crippen LogP contribution < -0.4 is 4.90 Å². The number of halogens is 1. The number of carbonyl (C=O) groups excluding carboxylic acids is 1. The van der Waals surface area contributed by atoms with Crippen LogP contribution in [0.1, 0.15) is 12.5 Å². The van der Waals surface area contributed by atoms with Crippen molar-refractivity contribution >= 4 is 23.2 Å². The van der Waals surface area contributed by atoms with Crippen molar-refractivity contribution in [1.82, 2.24) is 0 Å². The van der Waals surface area contributed by atoms with Gasteiger partial charge in [0.1, 0.15) is 12.0 Å². The maximum atomic E-state index is 12.2. The van der Waals surface area contributed by atoms with E-state index in [1.165, 1.54) is 0 Å². The molecule has 112 valence electrons. The summed E-state index contributed by atoms with van der Waals surface area (Å²) in [6.45, 7) is 4.31. The van der Waals surface area contributed by atoms with Crippen LogP contribution in [-0.2, 0) is 14.3 Å². The molecule has 0 radical (unpaired) electrons. The Morgan fingerprint density at radius 2 is 2.00 bits per heavy atom. The van der Waals surface area contributed by atoms with E-state index in [1.807, 2.05) is 38.1 Å². The lowest BCUT2D eigenvalue weighted by Crippen LogP contribution is -2.48. The van der Waals surface area contributed by atoms with E-state index in [4.69, 9.17) is 21.1 Å². The molecule has 0 aliphatic rings. The summed E-state index contributed by atoms with van der Waals surface area (Å²) < 4.78 is 10.6. The second kappa shape index (κ2) is 8.25. The molecule has 1 aromatic rings. The topological polar surface area (TPSA) is 38.8 Å². The highest BCUT2D eigenvalue weighted by Crippen LogP contribution is 2.24. The lowest BCUT2D eigenvalue weighted by atomic mass is 10.1. The fourth-order valence-corrected chi connectivity index (χ4v) is 2.34. The summed E-state index contributed by atoms with van der Waals surface area (Å²) in [5, 5.41) is 0. The number of benzene rings is 1. The van der Waals surface area contributed by atoms with Crippen LogP contribution in [0.25, 0.3) is 0 Å². The Hall–Kier alpha value is -1.10. The zero-order valence-corrected chi connectivity index (χ0v) is 13.2. The highest BCUT2D eigenvalue weighted by molar-refractivity contribution is 6.29. The number of hydrogen-bond acceptors (Lipinski definition) is 3. The molecule has 2 atom stereocenters. The van der Waals surface area contributed by atoms with Crippen molar-refractivity contribution < 1.29 is 14.3 Å². The van der Waals surface area contributed by atoms with Crippen molar-refractivity contribution in [3.8, 4) is 0 Å². The van der Waals surface area contributed by atoms with Crippen molar-refractivity contribution in [1.29, 1.82) is 0 Å². The van der Waals surface area contributed by atoms with Crippen LogP contribution in [0.4, 0.5) is 5.69 Å². The molecule has 0 bridgehead atoms. The SMILES string of the molecule is COCC(OC)C(C)N(C(=O)CCl)c1ccccc1C. The van der Waals surface area contributed by atoms with Crippen LogP contribution in [0.2, 0.25) is 0 Å². The van der Waals surface area contributed by atoms with Gasteiger partial charge in [0, 0.05) is 19.9 Å². The van der Waals surface area contributed by atoms with Crippen molar-refractivity contribution in [3.05, 3.63) is 29.8 Å². The molecular weight excluding hydrogens is 278 g/mol. The Balaban J connectivity index is 3.13. The molecule has 0 aliphatic carbocycles. The summed E-state index contributed by atoms with van der Waals surface area (Å²) in [5.41, 5.74) is 1.87. The molecule has 5 heteroatoms. The van der Waals surface area contributed by atoms with Crippen molar-refractivity contribution in [2.75, 3.05) is 31.6 Å². The standard InChI is InChI=1S/C15H22ClNO3/c1-11-7-5-6-8-13(11)17(15(18)9-16)12(2)14(20-4)10-19-3/h5-8,12,14H,9-10H2,1-4H3.